The average molecular weight is 260 g/mol. The van der Waals surface area contributed by atoms with Gasteiger partial charge in [-0.3, -0.25) is 4.79 Å². The van der Waals surface area contributed by atoms with E-state index in [1.165, 1.54) is 0 Å². The van der Waals surface area contributed by atoms with Gasteiger partial charge in [-0.25, -0.2) is 0 Å². The Kier molecular flexibility index (Phi) is 3.00. The lowest BCUT2D eigenvalue weighted by Crippen LogP contribution is -2.10. The van der Waals surface area contributed by atoms with Gasteiger partial charge in [-0.05, 0) is 30.7 Å². The molecule has 16 heavy (non-hydrogen) atoms. The van der Waals surface area contributed by atoms with E-state index in [1.807, 2.05) is 0 Å². The summed E-state index contributed by atoms with van der Waals surface area (Å²) in [5.74, 6) is 0.418. The summed E-state index contributed by atoms with van der Waals surface area (Å²) >= 11 is 11.7. The second-order valence-corrected chi connectivity index (χ2v) is 5.40. The zero-order valence-electron chi connectivity index (χ0n) is 8.45. The Morgan fingerprint density at radius 3 is 2.44 bits per heavy atom. The molecule has 1 atom stereocenters. The van der Waals surface area contributed by atoms with Crippen molar-refractivity contribution < 1.29 is 9.53 Å². The van der Waals surface area contributed by atoms with Crippen molar-refractivity contribution in [2.75, 3.05) is 6.61 Å². The summed E-state index contributed by atoms with van der Waals surface area (Å²) in [6.45, 7) is 0.489. The van der Waals surface area contributed by atoms with Crippen LogP contribution >= 0.6 is 23.2 Å². The van der Waals surface area contributed by atoms with Crippen LogP contribution in [0, 0.1) is 5.92 Å². The van der Waals surface area contributed by atoms with Crippen LogP contribution in [0.5, 0.6) is 5.75 Å². The van der Waals surface area contributed by atoms with Gasteiger partial charge in [0.15, 0.2) is 0 Å². The first-order valence-corrected chi connectivity index (χ1v) is 5.65. The molecule has 1 aromatic rings. The normalized spacial score (nSPS) is 21.5. The number of nitrogens with two attached hydrogens (primary N) is 1. The predicted molar refractivity (Wildman–Crippen MR) is 63.0 cm³/mol. The van der Waals surface area contributed by atoms with Crippen molar-refractivity contribution in [3.63, 3.8) is 0 Å². The highest BCUT2D eigenvalue weighted by Gasteiger charge is 2.52. The van der Waals surface area contributed by atoms with Crippen LogP contribution in [-0.4, -0.2) is 16.8 Å². The Hall–Kier alpha value is -0.930. The fourth-order valence-corrected chi connectivity index (χ4v) is 1.86. The number of benzene rings is 1. The van der Waals surface area contributed by atoms with Crippen LogP contribution in [0.15, 0.2) is 24.3 Å². The molecule has 1 saturated carbocycles. The van der Waals surface area contributed by atoms with E-state index in [4.69, 9.17) is 33.7 Å². The molecular weight excluding hydrogens is 249 g/mol. The van der Waals surface area contributed by atoms with Gasteiger partial charge in [-0.15, -0.1) is 23.2 Å². The maximum Gasteiger partial charge on any atom is 0.248 e. The van der Waals surface area contributed by atoms with Crippen LogP contribution in [0.2, 0.25) is 0 Å². The van der Waals surface area contributed by atoms with Crippen molar-refractivity contribution in [3.8, 4) is 5.75 Å². The highest BCUT2D eigenvalue weighted by molar-refractivity contribution is 6.50. The van der Waals surface area contributed by atoms with Crippen molar-refractivity contribution >= 4 is 29.1 Å². The molecule has 0 aliphatic heterocycles. The van der Waals surface area contributed by atoms with E-state index < -0.39 is 10.2 Å². The van der Waals surface area contributed by atoms with Crippen LogP contribution in [-0.2, 0) is 0 Å². The van der Waals surface area contributed by atoms with Crippen LogP contribution in [0.3, 0.4) is 0 Å². The average Bonchev–Trinajstić information content (AvgIpc) is 2.84. The first-order chi connectivity index (χ1) is 7.49. The maximum atomic E-state index is 10.8. The van der Waals surface area contributed by atoms with E-state index in [2.05, 4.69) is 0 Å². The van der Waals surface area contributed by atoms with Crippen molar-refractivity contribution in [1.29, 1.82) is 0 Å². The Morgan fingerprint density at radius 2 is 2.00 bits per heavy atom. The molecule has 5 heteroatoms. The third kappa shape index (κ3) is 2.60. The van der Waals surface area contributed by atoms with Crippen LogP contribution in [0.4, 0.5) is 0 Å². The molecule has 1 amide bonds. The maximum absolute atomic E-state index is 10.8. The lowest BCUT2D eigenvalue weighted by Gasteiger charge is -2.06. The summed E-state index contributed by atoms with van der Waals surface area (Å²) in [6, 6.07) is 6.65. The Morgan fingerprint density at radius 1 is 1.44 bits per heavy atom. The minimum absolute atomic E-state index is 0.187. The predicted octanol–water partition coefficient (Wildman–Crippen LogP) is 2.36. The quantitative estimate of drug-likeness (QED) is 0.845. The largest absolute Gasteiger partial charge is 0.493 e. The summed E-state index contributed by atoms with van der Waals surface area (Å²) in [6.07, 6.45) is 0.759. The highest BCUT2D eigenvalue weighted by atomic mass is 35.5. The smallest absolute Gasteiger partial charge is 0.248 e. The number of carbonyl (C=O) groups excluding carboxylic acids is 1. The van der Waals surface area contributed by atoms with Crippen LogP contribution < -0.4 is 10.5 Å². The summed E-state index contributed by atoms with van der Waals surface area (Å²) < 4.78 is 4.86. The van der Waals surface area contributed by atoms with E-state index >= 15 is 0 Å². The Labute approximate surface area is 103 Å². The van der Waals surface area contributed by atoms with Gasteiger partial charge in [0, 0.05) is 11.5 Å². The van der Waals surface area contributed by atoms with E-state index in [1.54, 1.807) is 24.3 Å². The molecule has 0 aromatic heterocycles. The van der Waals surface area contributed by atoms with Gasteiger partial charge in [0.2, 0.25) is 5.91 Å². The molecule has 2 N–H and O–H groups in total. The minimum atomic E-state index is -0.618. The van der Waals surface area contributed by atoms with Gasteiger partial charge in [0.05, 0.1) is 6.61 Å². The molecule has 1 fully saturated rings. The second-order valence-electron chi connectivity index (χ2n) is 3.86. The minimum Gasteiger partial charge on any atom is -0.493 e. The van der Waals surface area contributed by atoms with Crippen molar-refractivity contribution in [2.45, 2.75) is 10.8 Å². The molecule has 86 valence electrons. The molecular formula is C11H11Cl2NO2. The van der Waals surface area contributed by atoms with Gasteiger partial charge in [0.1, 0.15) is 10.1 Å². The fourth-order valence-electron chi connectivity index (χ4n) is 1.36. The van der Waals surface area contributed by atoms with E-state index in [9.17, 15) is 4.79 Å². The third-order valence-corrected chi connectivity index (χ3v) is 3.47. The van der Waals surface area contributed by atoms with Crippen molar-refractivity contribution in [1.82, 2.24) is 0 Å². The number of alkyl halides is 2. The monoisotopic (exact) mass is 259 g/mol. The van der Waals surface area contributed by atoms with Gasteiger partial charge < -0.3 is 10.5 Å². The summed E-state index contributed by atoms with van der Waals surface area (Å²) in [5.41, 5.74) is 5.58. The zero-order chi connectivity index (χ0) is 11.8. The third-order valence-electron chi connectivity index (χ3n) is 2.55. The van der Waals surface area contributed by atoms with Gasteiger partial charge in [0.25, 0.3) is 0 Å². The Bertz CT molecular complexity index is 403. The number of ether oxygens (including phenoxy) is 1. The van der Waals surface area contributed by atoms with Gasteiger partial charge >= 0.3 is 0 Å². The molecule has 0 bridgehead atoms. The molecule has 0 spiro atoms. The van der Waals surface area contributed by atoms with E-state index in [-0.39, 0.29) is 5.92 Å². The van der Waals surface area contributed by atoms with Crippen molar-refractivity contribution in [2.24, 2.45) is 11.7 Å². The topological polar surface area (TPSA) is 52.3 Å². The number of hydrogen-bond acceptors (Lipinski definition) is 2. The molecule has 3 nitrogen and oxygen atoms in total. The molecule has 0 radical (unpaired) electrons. The summed E-state index contributed by atoms with van der Waals surface area (Å²) in [4.78, 5) is 10.8. The van der Waals surface area contributed by atoms with Crippen molar-refractivity contribution in [3.05, 3.63) is 29.8 Å². The molecule has 1 unspecified atom stereocenters. The molecule has 1 aromatic carbocycles. The first kappa shape index (κ1) is 11.6. The summed E-state index contributed by atoms with van der Waals surface area (Å²) in [7, 11) is 0. The lowest BCUT2D eigenvalue weighted by molar-refractivity contribution is 0.100. The van der Waals surface area contributed by atoms with E-state index in [0.717, 1.165) is 6.42 Å². The zero-order valence-corrected chi connectivity index (χ0v) is 9.96. The van der Waals surface area contributed by atoms with Crippen LogP contribution in [0.1, 0.15) is 16.8 Å². The number of amides is 1. The number of carbonyl (C=O) groups is 1. The SMILES string of the molecule is NC(=O)c1ccc(OCC2CC2(Cl)Cl)cc1. The van der Waals surface area contributed by atoms with Gasteiger partial charge in [-0.2, -0.15) is 0 Å². The molecule has 0 heterocycles. The molecule has 0 saturated heterocycles. The molecule has 2 rings (SSSR count). The number of halogens is 2. The van der Waals surface area contributed by atoms with Crippen LogP contribution in [0.25, 0.3) is 0 Å². The van der Waals surface area contributed by atoms with E-state index in [0.29, 0.717) is 17.9 Å². The Balaban J connectivity index is 1.88. The first-order valence-electron chi connectivity index (χ1n) is 4.89. The lowest BCUT2D eigenvalue weighted by atomic mass is 10.2. The number of hydrogen-bond donors (Lipinski definition) is 1. The second kappa shape index (κ2) is 4.15. The molecule has 1 aliphatic rings. The highest BCUT2D eigenvalue weighted by Crippen LogP contribution is 2.53. The fraction of sp³-hybridized carbons (Fsp3) is 0.364. The standard InChI is InChI=1S/C11H11Cl2NO2/c12-11(13)5-8(11)6-16-9-3-1-7(2-4-9)10(14)15/h1-4,8H,5-6H2,(H2,14,15). The summed E-state index contributed by atoms with van der Waals surface area (Å²) in [5, 5.41) is 0. The molecule has 1 aliphatic carbocycles. The van der Waals surface area contributed by atoms with Gasteiger partial charge in [-0.1, -0.05) is 0 Å². The number of primary amides is 1. The number of rotatable bonds is 4.